The summed E-state index contributed by atoms with van der Waals surface area (Å²) in [5, 5.41) is 0. The van der Waals surface area contributed by atoms with Crippen LogP contribution in [0.5, 0.6) is 5.75 Å². The van der Waals surface area contributed by atoms with Crippen molar-refractivity contribution in [3.63, 3.8) is 0 Å². The second-order valence-corrected chi connectivity index (χ2v) is 6.00. The van der Waals surface area contributed by atoms with E-state index >= 15 is 0 Å². The van der Waals surface area contributed by atoms with Gasteiger partial charge in [-0.15, -0.1) is 0 Å². The van der Waals surface area contributed by atoms with E-state index in [1.807, 2.05) is 31.2 Å². The van der Waals surface area contributed by atoms with E-state index < -0.39 is 30.0 Å². The van der Waals surface area contributed by atoms with Crippen LogP contribution in [0.3, 0.4) is 0 Å². The van der Waals surface area contributed by atoms with E-state index in [1.165, 1.54) is 6.07 Å². The second kappa shape index (κ2) is 8.19. The molecule has 0 aromatic heterocycles. The van der Waals surface area contributed by atoms with Gasteiger partial charge in [-0.1, -0.05) is 37.3 Å². The van der Waals surface area contributed by atoms with Gasteiger partial charge < -0.3 is 4.74 Å². The fourth-order valence-corrected chi connectivity index (χ4v) is 2.40. The molecule has 8 heteroatoms. The van der Waals surface area contributed by atoms with E-state index in [0.717, 1.165) is 29.7 Å². The van der Waals surface area contributed by atoms with E-state index in [0.29, 0.717) is 18.4 Å². The lowest BCUT2D eigenvalue weighted by Gasteiger charge is -2.23. The molecule has 0 heterocycles. The Kier molecular flexibility index (Phi) is 6.38. The lowest BCUT2D eigenvalue weighted by molar-refractivity contribution is -0.305. The van der Waals surface area contributed by atoms with Gasteiger partial charge in [0.15, 0.2) is 11.6 Å². The van der Waals surface area contributed by atoms with Crippen LogP contribution in [0, 0.1) is 5.82 Å². The predicted molar refractivity (Wildman–Crippen MR) is 86.2 cm³/mol. The summed E-state index contributed by atoms with van der Waals surface area (Å²) in [6.45, 7) is 2.02. The van der Waals surface area contributed by atoms with Crippen LogP contribution in [0.2, 0.25) is 0 Å². The SMILES string of the molecule is CCc1ccc(CCc2ccc(OC(F)(F)C(F)C(F)(F)F)c(F)c2)cc1. The number of rotatable bonds is 7. The van der Waals surface area contributed by atoms with Crippen molar-refractivity contribution in [2.24, 2.45) is 0 Å². The zero-order chi connectivity index (χ0) is 20.2. The Hall–Kier alpha value is -2.25. The van der Waals surface area contributed by atoms with Gasteiger partial charge in [0.2, 0.25) is 0 Å². The molecule has 0 aliphatic carbocycles. The van der Waals surface area contributed by atoms with Crippen LogP contribution in [-0.4, -0.2) is 18.5 Å². The number of aryl methyl sites for hydroxylation is 3. The maximum Gasteiger partial charge on any atom is 0.439 e. The van der Waals surface area contributed by atoms with E-state index in [4.69, 9.17) is 0 Å². The topological polar surface area (TPSA) is 9.23 Å². The summed E-state index contributed by atoms with van der Waals surface area (Å²) in [6.07, 6.45) is -13.8. The predicted octanol–water partition coefficient (Wildman–Crippen LogP) is 6.05. The van der Waals surface area contributed by atoms with Crippen LogP contribution < -0.4 is 4.74 Å². The van der Waals surface area contributed by atoms with Gasteiger partial charge in [-0.05, 0) is 48.1 Å². The summed E-state index contributed by atoms with van der Waals surface area (Å²) in [6, 6.07) is 10.7. The van der Waals surface area contributed by atoms with E-state index in [2.05, 4.69) is 4.74 Å². The maximum absolute atomic E-state index is 13.9. The monoisotopic (exact) mass is 394 g/mol. The van der Waals surface area contributed by atoms with Gasteiger partial charge in [-0.2, -0.15) is 22.0 Å². The Bertz CT molecular complexity index is 754. The summed E-state index contributed by atoms with van der Waals surface area (Å²) in [5.41, 5.74) is 2.59. The molecule has 0 saturated heterocycles. The molecule has 1 unspecified atom stereocenters. The lowest BCUT2D eigenvalue weighted by atomic mass is 10.0. The fourth-order valence-electron chi connectivity index (χ4n) is 2.40. The molecular formula is C19H17F7O. The minimum atomic E-state index is -5.83. The van der Waals surface area contributed by atoms with Crippen LogP contribution >= 0.6 is 0 Å². The Balaban J connectivity index is 2.04. The molecule has 2 rings (SSSR count). The smallest absolute Gasteiger partial charge is 0.427 e. The van der Waals surface area contributed by atoms with E-state index in [1.54, 1.807) is 0 Å². The number of halogens is 7. The molecular weight excluding hydrogens is 377 g/mol. The number of ether oxygens (including phenoxy) is 1. The van der Waals surface area contributed by atoms with Gasteiger partial charge in [-0.3, -0.25) is 0 Å². The molecule has 148 valence electrons. The third-order valence-corrected chi connectivity index (χ3v) is 3.96. The van der Waals surface area contributed by atoms with Crippen LogP contribution in [0.4, 0.5) is 30.7 Å². The van der Waals surface area contributed by atoms with Gasteiger partial charge in [0.1, 0.15) is 0 Å². The third-order valence-electron chi connectivity index (χ3n) is 3.96. The van der Waals surface area contributed by atoms with Crippen LogP contribution in [0.15, 0.2) is 42.5 Å². The molecule has 0 aliphatic heterocycles. The molecule has 0 bridgehead atoms. The summed E-state index contributed by atoms with van der Waals surface area (Å²) in [7, 11) is 0. The highest BCUT2D eigenvalue weighted by Gasteiger charge is 2.59. The van der Waals surface area contributed by atoms with Gasteiger partial charge >= 0.3 is 12.3 Å². The van der Waals surface area contributed by atoms with Gasteiger partial charge in [0.25, 0.3) is 6.17 Å². The van der Waals surface area contributed by atoms with Crippen molar-refractivity contribution in [3.8, 4) is 5.75 Å². The summed E-state index contributed by atoms with van der Waals surface area (Å²) < 4.78 is 93.1. The summed E-state index contributed by atoms with van der Waals surface area (Å²) in [4.78, 5) is 0. The first-order valence-electron chi connectivity index (χ1n) is 8.16. The molecule has 0 spiro atoms. The molecule has 0 amide bonds. The minimum absolute atomic E-state index is 0.382. The molecule has 0 N–H and O–H groups in total. The van der Waals surface area contributed by atoms with Crippen molar-refractivity contribution >= 4 is 0 Å². The molecule has 0 saturated carbocycles. The highest BCUT2D eigenvalue weighted by atomic mass is 19.4. The number of hydrogen-bond donors (Lipinski definition) is 0. The highest BCUT2D eigenvalue weighted by Crippen LogP contribution is 2.37. The lowest BCUT2D eigenvalue weighted by Crippen LogP contribution is -2.45. The van der Waals surface area contributed by atoms with Crippen molar-refractivity contribution in [2.45, 2.75) is 44.6 Å². The number of hydrogen-bond acceptors (Lipinski definition) is 1. The quantitative estimate of drug-likeness (QED) is 0.520. The minimum Gasteiger partial charge on any atom is -0.427 e. The zero-order valence-corrected chi connectivity index (χ0v) is 14.3. The van der Waals surface area contributed by atoms with E-state index in [9.17, 15) is 30.7 Å². The largest absolute Gasteiger partial charge is 0.439 e. The molecule has 0 radical (unpaired) electrons. The van der Waals surface area contributed by atoms with Crippen molar-refractivity contribution in [2.75, 3.05) is 0 Å². The molecule has 27 heavy (non-hydrogen) atoms. The van der Waals surface area contributed by atoms with Crippen molar-refractivity contribution in [1.82, 2.24) is 0 Å². The first kappa shape index (κ1) is 21.1. The van der Waals surface area contributed by atoms with Crippen LogP contribution in [-0.2, 0) is 19.3 Å². The van der Waals surface area contributed by atoms with Crippen LogP contribution in [0.25, 0.3) is 0 Å². The normalized spacial score (nSPS) is 13.5. The van der Waals surface area contributed by atoms with Gasteiger partial charge in [0.05, 0.1) is 0 Å². The molecule has 1 atom stereocenters. The summed E-state index contributed by atoms with van der Waals surface area (Å²) >= 11 is 0. The highest BCUT2D eigenvalue weighted by molar-refractivity contribution is 5.31. The van der Waals surface area contributed by atoms with Gasteiger partial charge in [-0.25, -0.2) is 8.78 Å². The van der Waals surface area contributed by atoms with Crippen molar-refractivity contribution < 1.29 is 35.5 Å². The number of benzene rings is 2. The first-order chi connectivity index (χ1) is 12.5. The van der Waals surface area contributed by atoms with Crippen molar-refractivity contribution in [1.29, 1.82) is 0 Å². The molecule has 0 fully saturated rings. The van der Waals surface area contributed by atoms with Crippen LogP contribution in [0.1, 0.15) is 23.6 Å². The molecule has 2 aromatic rings. The Morgan fingerprint density at radius 1 is 0.852 bits per heavy atom. The Morgan fingerprint density at radius 2 is 1.37 bits per heavy atom. The van der Waals surface area contributed by atoms with Crippen molar-refractivity contribution in [3.05, 3.63) is 65.0 Å². The van der Waals surface area contributed by atoms with Gasteiger partial charge in [0, 0.05) is 0 Å². The first-order valence-corrected chi connectivity index (χ1v) is 8.16. The average molecular weight is 394 g/mol. The second-order valence-electron chi connectivity index (χ2n) is 6.00. The Labute approximate surface area is 151 Å². The Morgan fingerprint density at radius 3 is 1.89 bits per heavy atom. The number of alkyl halides is 6. The van der Waals surface area contributed by atoms with E-state index in [-0.39, 0.29) is 0 Å². The molecule has 0 aliphatic rings. The fraction of sp³-hybridized carbons (Fsp3) is 0.368. The molecule has 2 aromatic carbocycles. The third kappa shape index (κ3) is 5.61. The molecule has 1 nitrogen and oxygen atoms in total. The zero-order valence-electron chi connectivity index (χ0n) is 14.3. The summed E-state index contributed by atoms with van der Waals surface area (Å²) in [5.74, 6) is -2.44. The standard InChI is InChI=1S/C19H17F7O/c1-2-12-3-5-13(6-4-12)7-8-14-9-10-16(15(20)11-14)27-19(25,26)17(21)18(22,23)24/h3-6,9-11,17H,2,7-8H2,1H3. The maximum atomic E-state index is 13.9. The average Bonchev–Trinajstić information content (AvgIpc) is 2.61.